The van der Waals surface area contributed by atoms with Gasteiger partial charge in [-0.3, -0.25) is 9.69 Å². The fraction of sp³-hybridized carbons (Fsp3) is 0.714. The number of anilines is 1. The Kier molecular flexibility index (Phi) is 7.87. The minimum absolute atomic E-state index is 0.234. The molecule has 2 fully saturated rings. The Labute approximate surface area is 162 Å². The summed E-state index contributed by atoms with van der Waals surface area (Å²) in [6.07, 6.45) is 9.22. The number of pyridine rings is 1. The molecule has 1 aliphatic heterocycles. The van der Waals surface area contributed by atoms with Gasteiger partial charge in [-0.25, -0.2) is 4.98 Å². The van der Waals surface area contributed by atoms with E-state index in [2.05, 4.69) is 20.1 Å². The summed E-state index contributed by atoms with van der Waals surface area (Å²) >= 11 is 0. The summed E-state index contributed by atoms with van der Waals surface area (Å²) < 4.78 is 13.2. The average molecular weight is 377 g/mol. The van der Waals surface area contributed by atoms with Crippen LogP contribution in [0.3, 0.4) is 0 Å². The number of nitrogens with one attached hydrogen (secondary N) is 1. The van der Waals surface area contributed by atoms with E-state index >= 15 is 0 Å². The van der Waals surface area contributed by atoms with Gasteiger partial charge in [-0.05, 0) is 50.3 Å². The zero-order chi connectivity index (χ0) is 18.9. The molecule has 3 rings (SSSR count). The zero-order valence-corrected chi connectivity index (χ0v) is 16.3. The molecule has 150 valence electrons. The number of carbonyl (C=O) groups excluding carboxylic acids is 1. The molecular formula is C21H33FN4O. The molecule has 0 radical (unpaired) electrons. The van der Waals surface area contributed by atoms with Crippen LogP contribution in [0.5, 0.6) is 0 Å². The molecule has 1 aromatic rings. The smallest absolute Gasteiger partial charge is 0.220 e. The first-order valence-corrected chi connectivity index (χ1v) is 10.6. The normalized spacial score (nSPS) is 19.2. The summed E-state index contributed by atoms with van der Waals surface area (Å²) in [6, 6.07) is 4.97. The van der Waals surface area contributed by atoms with Gasteiger partial charge in [0, 0.05) is 39.1 Å². The largest absolute Gasteiger partial charge is 0.356 e. The van der Waals surface area contributed by atoms with Crippen molar-refractivity contribution in [1.29, 1.82) is 0 Å². The quantitative estimate of drug-likeness (QED) is 0.559. The van der Waals surface area contributed by atoms with Gasteiger partial charge < -0.3 is 10.2 Å². The van der Waals surface area contributed by atoms with E-state index < -0.39 is 5.95 Å². The van der Waals surface area contributed by atoms with Crippen molar-refractivity contribution in [3.05, 3.63) is 24.1 Å². The summed E-state index contributed by atoms with van der Waals surface area (Å²) in [5, 5.41) is 3.09. The van der Waals surface area contributed by atoms with E-state index in [0.717, 1.165) is 64.3 Å². The van der Waals surface area contributed by atoms with Crippen molar-refractivity contribution in [2.75, 3.05) is 44.2 Å². The van der Waals surface area contributed by atoms with Crippen LogP contribution in [0, 0.1) is 11.9 Å². The first kappa shape index (κ1) is 20.1. The van der Waals surface area contributed by atoms with Crippen molar-refractivity contribution >= 4 is 11.7 Å². The highest BCUT2D eigenvalue weighted by atomic mass is 19.1. The number of unbranched alkanes of at least 4 members (excludes halogenated alkanes) is 1. The highest BCUT2D eigenvalue weighted by Crippen LogP contribution is 2.26. The molecule has 0 atom stereocenters. The van der Waals surface area contributed by atoms with Gasteiger partial charge in [0.2, 0.25) is 11.9 Å². The van der Waals surface area contributed by atoms with E-state index in [9.17, 15) is 9.18 Å². The molecule has 0 spiro atoms. The van der Waals surface area contributed by atoms with Gasteiger partial charge in [-0.15, -0.1) is 0 Å². The standard InChI is InChI=1S/C21H33FN4O/c22-19-9-6-10-20(24-19)26-15-13-25(14-16-26)12-5-4-11-23-21(27)17-18-7-2-1-3-8-18/h6,9-10,18H,1-5,7-8,11-17H2,(H,23,27). The SMILES string of the molecule is O=C(CC1CCCCC1)NCCCCN1CCN(c2cccc(F)n2)CC1. The van der Waals surface area contributed by atoms with Gasteiger partial charge in [-0.1, -0.05) is 25.3 Å². The highest BCUT2D eigenvalue weighted by Gasteiger charge is 2.18. The molecule has 1 N–H and O–H groups in total. The molecule has 1 saturated carbocycles. The molecule has 0 unspecified atom stereocenters. The number of halogens is 1. The summed E-state index contributed by atoms with van der Waals surface area (Å²) in [5.41, 5.74) is 0. The molecule has 5 nitrogen and oxygen atoms in total. The fourth-order valence-corrected chi connectivity index (χ4v) is 4.19. The van der Waals surface area contributed by atoms with Gasteiger partial charge >= 0.3 is 0 Å². The molecule has 27 heavy (non-hydrogen) atoms. The molecule has 6 heteroatoms. The third kappa shape index (κ3) is 6.76. The van der Waals surface area contributed by atoms with Crippen molar-refractivity contribution in [1.82, 2.24) is 15.2 Å². The Balaban J connectivity index is 1.23. The number of aromatic nitrogens is 1. The molecule has 1 aromatic heterocycles. The monoisotopic (exact) mass is 376 g/mol. The van der Waals surface area contributed by atoms with Gasteiger partial charge in [0.25, 0.3) is 0 Å². The highest BCUT2D eigenvalue weighted by molar-refractivity contribution is 5.76. The van der Waals surface area contributed by atoms with Crippen molar-refractivity contribution in [3.63, 3.8) is 0 Å². The van der Waals surface area contributed by atoms with Crippen LogP contribution in [0.4, 0.5) is 10.2 Å². The maximum absolute atomic E-state index is 13.2. The van der Waals surface area contributed by atoms with Crippen molar-refractivity contribution in [2.24, 2.45) is 5.92 Å². The molecule has 1 saturated heterocycles. The van der Waals surface area contributed by atoms with E-state index in [1.165, 1.54) is 38.2 Å². The third-order valence-electron chi connectivity index (χ3n) is 5.82. The Morgan fingerprint density at radius 3 is 2.63 bits per heavy atom. The van der Waals surface area contributed by atoms with Crippen LogP contribution in [0.1, 0.15) is 51.4 Å². The van der Waals surface area contributed by atoms with E-state index in [1.54, 1.807) is 6.07 Å². The van der Waals surface area contributed by atoms with E-state index in [1.807, 2.05) is 6.07 Å². The minimum atomic E-state index is -0.416. The predicted octanol–water partition coefficient (Wildman–Crippen LogP) is 3.21. The summed E-state index contributed by atoms with van der Waals surface area (Å²) in [4.78, 5) is 20.6. The molecule has 2 heterocycles. The Hall–Kier alpha value is -1.69. The summed E-state index contributed by atoms with van der Waals surface area (Å²) in [6.45, 7) is 5.57. The lowest BCUT2D eigenvalue weighted by Gasteiger charge is -2.35. The first-order chi connectivity index (χ1) is 13.2. The molecule has 2 aliphatic rings. The number of nitrogens with zero attached hydrogens (tertiary/aromatic N) is 3. The average Bonchev–Trinajstić information content (AvgIpc) is 2.69. The van der Waals surface area contributed by atoms with Crippen molar-refractivity contribution < 1.29 is 9.18 Å². The lowest BCUT2D eigenvalue weighted by molar-refractivity contribution is -0.122. The van der Waals surface area contributed by atoms with Gasteiger partial charge in [0.1, 0.15) is 5.82 Å². The molecule has 0 aromatic carbocycles. The lowest BCUT2D eigenvalue weighted by Crippen LogP contribution is -2.47. The maximum atomic E-state index is 13.2. The Morgan fingerprint density at radius 1 is 1.11 bits per heavy atom. The summed E-state index contributed by atoms with van der Waals surface area (Å²) in [7, 11) is 0. The number of hydrogen-bond donors (Lipinski definition) is 1. The Bertz CT molecular complexity index is 583. The van der Waals surface area contributed by atoms with Gasteiger partial charge in [0.15, 0.2) is 0 Å². The third-order valence-corrected chi connectivity index (χ3v) is 5.82. The van der Waals surface area contributed by atoms with Crippen LogP contribution in [-0.2, 0) is 4.79 Å². The number of amides is 1. The topological polar surface area (TPSA) is 48.5 Å². The number of hydrogen-bond acceptors (Lipinski definition) is 4. The number of rotatable bonds is 8. The van der Waals surface area contributed by atoms with Crippen LogP contribution >= 0.6 is 0 Å². The summed E-state index contributed by atoms with van der Waals surface area (Å²) in [5.74, 6) is 1.16. The second kappa shape index (κ2) is 10.6. The first-order valence-electron chi connectivity index (χ1n) is 10.6. The number of piperazine rings is 1. The van der Waals surface area contributed by atoms with Gasteiger partial charge in [-0.2, -0.15) is 4.39 Å². The second-order valence-corrected chi connectivity index (χ2v) is 7.91. The van der Waals surface area contributed by atoms with Crippen LogP contribution in [-0.4, -0.2) is 55.1 Å². The minimum Gasteiger partial charge on any atom is -0.356 e. The van der Waals surface area contributed by atoms with Crippen molar-refractivity contribution in [3.8, 4) is 0 Å². The van der Waals surface area contributed by atoms with Gasteiger partial charge in [0.05, 0.1) is 0 Å². The number of carbonyl (C=O) groups is 1. The predicted molar refractivity (Wildman–Crippen MR) is 106 cm³/mol. The van der Waals surface area contributed by atoms with E-state index in [-0.39, 0.29) is 5.91 Å². The van der Waals surface area contributed by atoms with Crippen molar-refractivity contribution in [2.45, 2.75) is 51.4 Å². The van der Waals surface area contributed by atoms with E-state index in [4.69, 9.17) is 0 Å². The Morgan fingerprint density at radius 2 is 1.89 bits per heavy atom. The second-order valence-electron chi connectivity index (χ2n) is 7.91. The van der Waals surface area contributed by atoms with Crippen LogP contribution < -0.4 is 10.2 Å². The lowest BCUT2D eigenvalue weighted by atomic mass is 9.87. The van der Waals surface area contributed by atoms with E-state index in [0.29, 0.717) is 5.92 Å². The molecule has 1 amide bonds. The zero-order valence-electron chi connectivity index (χ0n) is 16.3. The molecule has 0 bridgehead atoms. The maximum Gasteiger partial charge on any atom is 0.220 e. The van der Waals surface area contributed by atoms with Crippen LogP contribution in [0.25, 0.3) is 0 Å². The van der Waals surface area contributed by atoms with Crippen LogP contribution in [0.15, 0.2) is 18.2 Å². The molecular weight excluding hydrogens is 343 g/mol. The molecule has 1 aliphatic carbocycles. The van der Waals surface area contributed by atoms with Crippen LogP contribution in [0.2, 0.25) is 0 Å². The fourth-order valence-electron chi connectivity index (χ4n) is 4.19.